The fraction of sp³-hybridized carbons (Fsp3) is 0.231. The van der Waals surface area contributed by atoms with Gasteiger partial charge in [-0.3, -0.25) is 9.69 Å². The monoisotopic (exact) mass is 445 g/mol. The molecule has 2 aromatic carbocycles. The van der Waals surface area contributed by atoms with Crippen molar-refractivity contribution in [2.75, 3.05) is 7.11 Å². The Balaban J connectivity index is 1.49. The highest BCUT2D eigenvalue weighted by atomic mass is 16.5. The molecular weight excluding hydrogens is 418 g/mol. The van der Waals surface area contributed by atoms with Gasteiger partial charge in [0.05, 0.1) is 26.5 Å². The molecule has 1 amide bonds. The summed E-state index contributed by atoms with van der Waals surface area (Å²) in [4.78, 5) is 19.1. The summed E-state index contributed by atoms with van der Waals surface area (Å²) in [6.07, 6.45) is 2.96. The number of benzene rings is 2. The van der Waals surface area contributed by atoms with E-state index in [2.05, 4.69) is 40.3 Å². The van der Waals surface area contributed by atoms with Gasteiger partial charge in [-0.2, -0.15) is 0 Å². The molecule has 1 N–H and O–H groups in total. The molecule has 0 bridgehead atoms. The van der Waals surface area contributed by atoms with Crippen molar-refractivity contribution in [1.29, 1.82) is 0 Å². The molecule has 0 spiro atoms. The van der Waals surface area contributed by atoms with E-state index in [0.717, 1.165) is 11.3 Å². The molecule has 170 valence electrons. The van der Waals surface area contributed by atoms with E-state index in [0.29, 0.717) is 31.3 Å². The van der Waals surface area contributed by atoms with E-state index in [-0.39, 0.29) is 17.6 Å². The normalized spacial score (nSPS) is 12.0. The molecule has 4 rings (SSSR count). The van der Waals surface area contributed by atoms with Gasteiger partial charge in [0.25, 0.3) is 5.91 Å². The Bertz CT molecular complexity index is 1160. The first kappa shape index (κ1) is 22.4. The zero-order valence-electron chi connectivity index (χ0n) is 18.7. The maximum Gasteiger partial charge on any atom is 0.273 e. The summed E-state index contributed by atoms with van der Waals surface area (Å²) in [6, 6.07) is 21.9. The van der Waals surface area contributed by atoms with Crippen LogP contribution in [0.2, 0.25) is 0 Å². The van der Waals surface area contributed by atoms with Crippen LogP contribution in [-0.2, 0) is 19.6 Å². The molecule has 0 fully saturated rings. The maximum absolute atomic E-state index is 12.5. The van der Waals surface area contributed by atoms with Crippen LogP contribution >= 0.6 is 0 Å². The van der Waals surface area contributed by atoms with Crippen LogP contribution < -0.4 is 10.1 Å². The van der Waals surface area contributed by atoms with Crippen LogP contribution in [0.3, 0.4) is 0 Å². The van der Waals surface area contributed by atoms with Crippen LogP contribution in [0.15, 0.2) is 88.1 Å². The molecule has 4 aromatic rings. The van der Waals surface area contributed by atoms with Crippen LogP contribution in [0.5, 0.6) is 5.75 Å². The standard InChI is InChI=1S/C26H27N3O4/c1-19(21-9-4-3-5-10-21)29(16-20-8-6-11-22(14-20)31-2)17-25-28-24(18-33-25)26(30)27-15-23-12-7-13-32-23/h3-14,18-19H,15-17H2,1-2H3,(H,27,30)/t19-/m0/s1. The first-order valence-corrected chi connectivity index (χ1v) is 10.8. The van der Waals surface area contributed by atoms with E-state index in [4.69, 9.17) is 13.6 Å². The van der Waals surface area contributed by atoms with Crippen LogP contribution in [0, 0.1) is 0 Å². The molecule has 0 saturated heterocycles. The van der Waals surface area contributed by atoms with Crippen LogP contribution in [0.4, 0.5) is 0 Å². The second kappa shape index (κ2) is 10.7. The topological polar surface area (TPSA) is 80.7 Å². The van der Waals surface area contributed by atoms with Crippen molar-refractivity contribution < 1.29 is 18.4 Å². The number of ether oxygens (including phenoxy) is 1. The van der Waals surface area contributed by atoms with E-state index < -0.39 is 0 Å². The molecule has 33 heavy (non-hydrogen) atoms. The largest absolute Gasteiger partial charge is 0.497 e. The van der Waals surface area contributed by atoms with Gasteiger partial charge in [-0.15, -0.1) is 0 Å². The van der Waals surface area contributed by atoms with Gasteiger partial charge in [0, 0.05) is 12.6 Å². The molecule has 7 nitrogen and oxygen atoms in total. The number of hydrogen-bond donors (Lipinski definition) is 1. The number of hydrogen-bond acceptors (Lipinski definition) is 6. The zero-order chi connectivity index (χ0) is 23.0. The summed E-state index contributed by atoms with van der Waals surface area (Å²) < 4.78 is 16.3. The summed E-state index contributed by atoms with van der Waals surface area (Å²) >= 11 is 0. The molecule has 2 heterocycles. The van der Waals surface area contributed by atoms with Crippen molar-refractivity contribution in [2.45, 2.75) is 32.6 Å². The van der Waals surface area contributed by atoms with Crippen molar-refractivity contribution in [3.05, 3.63) is 108 Å². The predicted molar refractivity (Wildman–Crippen MR) is 123 cm³/mol. The van der Waals surface area contributed by atoms with Gasteiger partial charge >= 0.3 is 0 Å². The summed E-state index contributed by atoms with van der Waals surface area (Å²) in [5.41, 5.74) is 2.54. The number of nitrogens with one attached hydrogen (secondary N) is 1. The third-order valence-corrected chi connectivity index (χ3v) is 5.48. The van der Waals surface area contributed by atoms with E-state index in [1.807, 2.05) is 36.4 Å². The fourth-order valence-corrected chi connectivity index (χ4v) is 3.61. The second-order valence-corrected chi connectivity index (χ2v) is 7.73. The molecule has 0 radical (unpaired) electrons. The molecule has 0 aliphatic rings. The Morgan fingerprint density at radius 3 is 2.67 bits per heavy atom. The first-order chi connectivity index (χ1) is 16.1. The van der Waals surface area contributed by atoms with E-state index in [1.165, 1.54) is 11.8 Å². The summed E-state index contributed by atoms with van der Waals surface area (Å²) in [5, 5.41) is 2.79. The van der Waals surface area contributed by atoms with Gasteiger partial charge in [-0.25, -0.2) is 4.98 Å². The number of nitrogens with zero attached hydrogens (tertiary/aromatic N) is 2. The third-order valence-electron chi connectivity index (χ3n) is 5.48. The molecular formula is C26H27N3O4. The Labute approximate surface area is 193 Å². The van der Waals surface area contributed by atoms with Crippen molar-refractivity contribution >= 4 is 5.91 Å². The van der Waals surface area contributed by atoms with Crippen LogP contribution in [0.1, 0.15) is 46.2 Å². The van der Waals surface area contributed by atoms with Gasteiger partial charge < -0.3 is 18.9 Å². The van der Waals surface area contributed by atoms with Crippen molar-refractivity contribution in [3.8, 4) is 5.75 Å². The van der Waals surface area contributed by atoms with Gasteiger partial charge in [-0.05, 0) is 42.3 Å². The predicted octanol–water partition coefficient (Wildman–Crippen LogP) is 4.97. The number of furan rings is 1. The maximum atomic E-state index is 12.5. The summed E-state index contributed by atoms with van der Waals surface area (Å²) in [7, 11) is 1.66. The summed E-state index contributed by atoms with van der Waals surface area (Å²) in [6.45, 7) is 3.55. The van der Waals surface area contributed by atoms with Crippen LogP contribution in [-0.4, -0.2) is 22.9 Å². The highest BCUT2D eigenvalue weighted by Gasteiger charge is 2.20. The summed E-state index contributed by atoms with van der Waals surface area (Å²) in [5.74, 6) is 1.65. The van der Waals surface area contributed by atoms with E-state index in [1.54, 1.807) is 25.5 Å². The quantitative estimate of drug-likeness (QED) is 0.371. The van der Waals surface area contributed by atoms with Crippen molar-refractivity contribution in [2.24, 2.45) is 0 Å². The lowest BCUT2D eigenvalue weighted by atomic mass is 10.1. The Morgan fingerprint density at radius 1 is 1.06 bits per heavy atom. The molecule has 1 atom stereocenters. The van der Waals surface area contributed by atoms with E-state index >= 15 is 0 Å². The van der Waals surface area contributed by atoms with Crippen molar-refractivity contribution in [1.82, 2.24) is 15.2 Å². The molecule has 0 saturated carbocycles. The van der Waals surface area contributed by atoms with Gasteiger partial charge in [0.15, 0.2) is 5.69 Å². The molecule has 7 heteroatoms. The minimum atomic E-state index is -0.308. The average molecular weight is 446 g/mol. The average Bonchev–Trinajstić information content (AvgIpc) is 3.55. The molecule has 0 unspecified atom stereocenters. The zero-order valence-corrected chi connectivity index (χ0v) is 18.7. The minimum Gasteiger partial charge on any atom is -0.497 e. The number of aromatic nitrogens is 1. The number of oxazole rings is 1. The highest BCUT2D eigenvalue weighted by Crippen LogP contribution is 2.25. The highest BCUT2D eigenvalue weighted by molar-refractivity contribution is 5.91. The Morgan fingerprint density at radius 2 is 1.91 bits per heavy atom. The van der Waals surface area contributed by atoms with E-state index in [9.17, 15) is 4.79 Å². The Hall–Kier alpha value is -3.84. The third kappa shape index (κ3) is 5.90. The van der Waals surface area contributed by atoms with Crippen LogP contribution in [0.25, 0.3) is 0 Å². The molecule has 2 aromatic heterocycles. The fourth-order valence-electron chi connectivity index (χ4n) is 3.61. The molecule has 0 aliphatic carbocycles. The van der Waals surface area contributed by atoms with Gasteiger partial charge in [-0.1, -0.05) is 42.5 Å². The molecule has 0 aliphatic heterocycles. The number of carbonyl (C=O) groups excluding carboxylic acids is 1. The smallest absolute Gasteiger partial charge is 0.273 e. The van der Waals surface area contributed by atoms with Gasteiger partial charge in [0.2, 0.25) is 5.89 Å². The number of methoxy groups -OCH3 is 1. The number of rotatable bonds is 10. The number of amides is 1. The van der Waals surface area contributed by atoms with Crippen molar-refractivity contribution in [3.63, 3.8) is 0 Å². The lowest BCUT2D eigenvalue weighted by molar-refractivity contribution is 0.0943. The first-order valence-electron chi connectivity index (χ1n) is 10.8. The Kier molecular flexibility index (Phi) is 7.22. The lowest BCUT2D eigenvalue weighted by Gasteiger charge is -2.28. The SMILES string of the molecule is COc1cccc(CN(Cc2nc(C(=O)NCc3ccco3)co2)[C@@H](C)c2ccccc2)c1. The second-order valence-electron chi connectivity index (χ2n) is 7.73. The lowest BCUT2D eigenvalue weighted by Crippen LogP contribution is -2.27. The van der Waals surface area contributed by atoms with Gasteiger partial charge in [0.1, 0.15) is 17.8 Å². The number of carbonyl (C=O) groups is 1. The minimum absolute atomic E-state index is 0.0977.